The van der Waals surface area contributed by atoms with Gasteiger partial charge in [-0.25, -0.2) is 0 Å². The quantitative estimate of drug-likeness (QED) is 0.446. The topological polar surface area (TPSA) is 0 Å². The lowest BCUT2D eigenvalue weighted by Gasteiger charge is -2.66. The minimum Gasteiger partial charge on any atom is -0.322 e. The van der Waals surface area contributed by atoms with E-state index in [1.807, 2.05) is 13.1 Å². The van der Waals surface area contributed by atoms with Crippen LogP contribution in [0.1, 0.15) is 0 Å². The summed E-state index contributed by atoms with van der Waals surface area (Å²) in [5.74, 6) is 0. The number of hydrogen-bond donors (Lipinski definition) is 0. The van der Waals surface area contributed by atoms with Crippen LogP contribution in [0.5, 0.6) is 0 Å². The van der Waals surface area contributed by atoms with Gasteiger partial charge in [0, 0.05) is 0 Å². The predicted octanol–water partition coefficient (Wildman–Crippen LogP) is 4.39. The Morgan fingerprint density at radius 2 is 0.500 bits per heavy atom. The molecule has 0 radical (unpaired) electrons. The van der Waals surface area contributed by atoms with Crippen molar-refractivity contribution in [2.45, 2.75) is 65.5 Å². The Morgan fingerprint density at radius 1 is 0.389 bits per heavy atom. The second-order valence-corrected chi connectivity index (χ2v) is 75.8. The molecule has 0 nitrogen and oxygen atoms in total. The van der Waals surface area contributed by atoms with E-state index < -0.39 is 43.3 Å². The molecule has 8 heteroatoms. The van der Waals surface area contributed by atoms with E-state index in [-0.39, 0.29) is 0 Å². The van der Waals surface area contributed by atoms with Crippen LogP contribution in [0.15, 0.2) is 0 Å². The number of rotatable bonds is 0. The molecule has 0 aromatic rings. The summed E-state index contributed by atoms with van der Waals surface area (Å²) in [4.78, 5) is 0. The zero-order chi connectivity index (χ0) is 15.0. The second kappa shape index (κ2) is 3.87. The van der Waals surface area contributed by atoms with Crippen molar-refractivity contribution in [2.75, 3.05) is 0 Å². The standard InChI is InChI=1S/C10H30F2Si6/c1-13(2)14(3,4)18(10,12)16(7,8)15(5,6)17(13,9)11/h1-10H3. The number of hydrogen-bond acceptors (Lipinski definition) is 0. The van der Waals surface area contributed by atoms with Crippen LogP contribution >= 0.6 is 0 Å². The molecule has 1 aliphatic rings. The lowest BCUT2D eigenvalue weighted by molar-refractivity contribution is 0.836. The van der Waals surface area contributed by atoms with Crippen molar-refractivity contribution in [2.24, 2.45) is 0 Å². The Hall–Kier alpha value is 1.16. The van der Waals surface area contributed by atoms with Gasteiger partial charge < -0.3 is 8.22 Å². The summed E-state index contributed by atoms with van der Waals surface area (Å²) in [6.45, 7) is 21.7. The van der Waals surface area contributed by atoms with Crippen molar-refractivity contribution in [3.8, 4) is 0 Å². The van der Waals surface area contributed by atoms with E-state index in [0.29, 0.717) is 0 Å². The smallest absolute Gasteiger partial charge is 0.212 e. The largest absolute Gasteiger partial charge is 0.322 e. The predicted molar refractivity (Wildman–Crippen MR) is 95.4 cm³/mol. The minimum absolute atomic E-state index is 2.00. The molecule has 0 spiro atoms. The fourth-order valence-electron chi connectivity index (χ4n) is 3.91. The summed E-state index contributed by atoms with van der Waals surface area (Å²) in [6, 6.07) is 0. The van der Waals surface area contributed by atoms with Crippen LogP contribution in [-0.4, -0.2) is 43.3 Å². The molecule has 1 aliphatic heterocycles. The molecule has 0 unspecified atom stereocenters. The van der Waals surface area contributed by atoms with Gasteiger partial charge in [0.15, 0.2) is 0 Å². The maximum atomic E-state index is 15.9. The lowest BCUT2D eigenvalue weighted by atomic mass is 11.9. The van der Waals surface area contributed by atoms with Crippen molar-refractivity contribution >= 4 is 43.3 Å². The summed E-state index contributed by atoms with van der Waals surface area (Å²) in [5, 5.41) is 0. The van der Waals surface area contributed by atoms with Gasteiger partial charge in [0.1, 0.15) is 0 Å². The average Bonchev–Trinajstić information content (AvgIpc) is 2.14. The van der Waals surface area contributed by atoms with Crippen LogP contribution < -0.4 is 0 Å². The highest BCUT2D eigenvalue weighted by Crippen LogP contribution is 2.52. The summed E-state index contributed by atoms with van der Waals surface area (Å²) < 4.78 is 31.9. The van der Waals surface area contributed by atoms with E-state index in [9.17, 15) is 0 Å². The summed E-state index contributed by atoms with van der Waals surface area (Å²) in [5.41, 5.74) is 0. The molecule has 0 N–H and O–H groups in total. The van der Waals surface area contributed by atoms with Crippen LogP contribution in [0.2, 0.25) is 65.5 Å². The fraction of sp³-hybridized carbons (Fsp3) is 1.00. The molecule has 0 aliphatic carbocycles. The second-order valence-electron chi connectivity index (χ2n) is 8.51. The molecule has 0 amide bonds. The minimum atomic E-state index is -2.71. The Balaban J connectivity index is 3.72. The van der Waals surface area contributed by atoms with E-state index in [0.717, 1.165) is 0 Å². The molecule has 1 fully saturated rings. The van der Waals surface area contributed by atoms with E-state index in [2.05, 4.69) is 52.4 Å². The Bertz CT molecular complexity index is 256. The molecule has 0 saturated carbocycles. The zero-order valence-electron chi connectivity index (χ0n) is 13.8. The van der Waals surface area contributed by atoms with E-state index in [1.165, 1.54) is 0 Å². The first kappa shape index (κ1) is 17.2. The summed E-state index contributed by atoms with van der Waals surface area (Å²) in [6.07, 6.45) is 0. The molecule has 1 saturated heterocycles. The fourth-order valence-corrected chi connectivity index (χ4v) is 219. The first-order valence-corrected chi connectivity index (χ1v) is 29.6. The molecule has 18 heavy (non-hydrogen) atoms. The van der Waals surface area contributed by atoms with E-state index in [1.54, 1.807) is 0 Å². The van der Waals surface area contributed by atoms with Crippen molar-refractivity contribution in [3.63, 3.8) is 0 Å². The molecule has 108 valence electrons. The van der Waals surface area contributed by atoms with Gasteiger partial charge in [0.2, 0.25) is 14.9 Å². The summed E-state index contributed by atoms with van der Waals surface area (Å²) >= 11 is 0. The molecule has 1 rings (SSSR count). The summed E-state index contributed by atoms with van der Waals surface area (Å²) in [7, 11) is -13.5. The van der Waals surface area contributed by atoms with Crippen molar-refractivity contribution in [3.05, 3.63) is 0 Å². The highest BCUT2D eigenvalue weighted by molar-refractivity contribution is 8.12. The molecular weight excluding hydrogens is 327 g/mol. The monoisotopic (exact) mass is 356 g/mol. The van der Waals surface area contributed by atoms with Crippen LogP contribution in [0.4, 0.5) is 8.22 Å². The van der Waals surface area contributed by atoms with Gasteiger partial charge in [0.05, 0.1) is 28.4 Å². The van der Waals surface area contributed by atoms with Gasteiger partial charge in [-0.3, -0.25) is 0 Å². The van der Waals surface area contributed by atoms with Gasteiger partial charge in [-0.15, -0.1) is 0 Å². The van der Waals surface area contributed by atoms with Crippen molar-refractivity contribution in [1.29, 1.82) is 0 Å². The van der Waals surface area contributed by atoms with Gasteiger partial charge in [-0.2, -0.15) is 0 Å². The molecule has 0 atom stereocenters. The van der Waals surface area contributed by atoms with Crippen molar-refractivity contribution < 1.29 is 8.22 Å². The SMILES string of the molecule is C[Si]1(C)[Si](C)(C)[Si](C)(F)[Si](C)(C)[Si](C)(C)[Si]1(C)F. The average molecular weight is 357 g/mol. The third-order valence-electron chi connectivity index (χ3n) is 7.82. The molecule has 0 aromatic heterocycles. The molecule has 0 bridgehead atoms. The van der Waals surface area contributed by atoms with Gasteiger partial charge >= 0.3 is 0 Å². The molecule has 0 aromatic carbocycles. The van der Waals surface area contributed by atoms with Gasteiger partial charge in [-0.05, 0) is 13.1 Å². The first-order chi connectivity index (χ1) is 7.50. The normalized spacial score (nSPS) is 44.7. The van der Waals surface area contributed by atoms with E-state index >= 15 is 8.22 Å². The third kappa shape index (κ3) is 1.47. The number of halogens is 2. The Kier molecular flexibility index (Phi) is 3.70. The molecular formula is C10H30F2Si6. The van der Waals surface area contributed by atoms with Crippen LogP contribution in [-0.2, 0) is 0 Å². The molecule has 1 heterocycles. The van der Waals surface area contributed by atoms with Crippen LogP contribution in [0.25, 0.3) is 0 Å². The first-order valence-electron chi connectivity index (χ1n) is 6.88. The van der Waals surface area contributed by atoms with Gasteiger partial charge in [0.25, 0.3) is 0 Å². The van der Waals surface area contributed by atoms with Crippen LogP contribution in [0, 0.1) is 0 Å². The van der Waals surface area contributed by atoms with Gasteiger partial charge in [-0.1, -0.05) is 52.4 Å². The maximum absolute atomic E-state index is 15.9. The highest BCUT2D eigenvalue weighted by Gasteiger charge is 2.82. The zero-order valence-corrected chi connectivity index (χ0v) is 19.8. The highest BCUT2D eigenvalue weighted by atomic mass is 30.2. The van der Waals surface area contributed by atoms with Crippen LogP contribution in [0.3, 0.4) is 0 Å². The van der Waals surface area contributed by atoms with E-state index in [4.69, 9.17) is 0 Å². The lowest BCUT2D eigenvalue weighted by Crippen LogP contribution is -3.00. The maximum Gasteiger partial charge on any atom is 0.212 e. The Morgan fingerprint density at radius 3 is 0.611 bits per heavy atom. The van der Waals surface area contributed by atoms with Crippen molar-refractivity contribution in [1.82, 2.24) is 0 Å². The Labute approximate surface area is 117 Å². The third-order valence-corrected chi connectivity index (χ3v) is 146.